The van der Waals surface area contributed by atoms with Gasteiger partial charge in [0.05, 0.1) is 12.1 Å². The first kappa shape index (κ1) is 25.5. The highest BCUT2D eigenvalue weighted by Gasteiger charge is 2.48. The number of carbonyl (C=O) groups is 1. The van der Waals surface area contributed by atoms with E-state index in [4.69, 9.17) is 4.74 Å². The van der Waals surface area contributed by atoms with Gasteiger partial charge in [0.1, 0.15) is 12.7 Å². The number of benzene rings is 2. The van der Waals surface area contributed by atoms with E-state index in [-0.39, 0.29) is 24.7 Å². The monoisotopic (exact) mass is 521 g/mol. The van der Waals surface area contributed by atoms with Crippen LogP contribution in [0.2, 0.25) is 0 Å². The van der Waals surface area contributed by atoms with Gasteiger partial charge in [0.25, 0.3) is 5.91 Å². The van der Waals surface area contributed by atoms with E-state index in [1.165, 1.54) is 23.0 Å². The van der Waals surface area contributed by atoms with E-state index in [2.05, 4.69) is 6.58 Å². The molecule has 0 unspecified atom stereocenters. The Morgan fingerprint density at radius 1 is 1.13 bits per heavy atom. The summed E-state index contributed by atoms with van der Waals surface area (Å²) in [6.07, 6.45) is 5.39. The second kappa shape index (κ2) is 9.63. The molecule has 198 valence electrons. The number of aromatic hydroxyl groups is 1. The van der Waals surface area contributed by atoms with Gasteiger partial charge < -0.3 is 14.7 Å². The molecule has 1 N–H and O–H groups in total. The van der Waals surface area contributed by atoms with E-state index in [0.717, 1.165) is 23.6 Å². The molecule has 0 radical (unpaired) electrons. The first-order chi connectivity index (χ1) is 18.2. The third kappa shape index (κ3) is 3.84. The van der Waals surface area contributed by atoms with Crippen LogP contribution in [0.25, 0.3) is 0 Å². The molecule has 0 bridgehead atoms. The zero-order valence-corrected chi connectivity index (χ0v) is 21.3. The maximum atomic E-state index is 15.2. The van der Waals surface area contributed by atoms with E-state index in [1.807, 2.05) is 31.2 Å². The molecular weight excluding hydrogens is 492 g/mol. The lowest BCUT2D eigenvalue weighted by Gasteiger charge is -2.54. The maximum absolute atomic E-state index is 15.2. The minimum Gasteiger partial charge on any atom is -0.502 e. The zero-order chi connectivity index (χ0) is 27.2. The van der Waals surface area contributed by atoms with Crippen LogP contribution in [0.15, 0.2) is 66.1 Å². The van der Waals surface area contributed by atoms with Crippen molar-refractivity contribution in [3.63, 3.8) is 0 Å². The zero-order valence-electron chi connectivity index (χ0n) is 21.3. The molecule has 1 aromatic heterocycles. The Kier molecular flexibility index (Phi) is 6.46. The van der Waals surface area contributed by atoms with Crippen molar-refractivity contribution in [2.24, 2.45) is 0 Å². The van der Waals surface area contributed by atoms with Crippen LogP contribution < -0.4 is 15.2 Å². The number of nitrogens with zero attached hydrogens (tertiary/aromatic N) is 3. The molecule has 5 rings (SSSR count). The molecule has 3 aromatic rings. The number of carbonyl (C=O) groups excluding carboxylic acids is 1. The van der Waals surface area contributed by atoms with Crippen molar-refractivity contribution in [3.8, 4) is 11.5 Å². The van der Waals surface area contributed by atoms with Gasteiger partial charge in [0.15, 0.2) is 23.0 Å². The van der Waals surface area contributed by atoms with Crippen LogP contribution in [0, 0.1) is 18.6 Å². The number of aryl methyl sites for hydroxylation is 1. The Balaban J connectivity index is 1.81. The summed E-state index contributed by atoms with van der Waals surface area (Å²) in [7, 11) is 0. The van der Waals surface area contributed by atoms with Crippen LogP contribution >= 0.6 is 0 Å². The highest BCUT2D eigenvalue weighted by atomic mass is 19.2. The van der Waals surface area contributed by atoms with Crippen LogP contribution in [-0.2, 0) is 0 Å². The number of halogens is 2. The second-order valence-electron chi connectivity index (χ2n) is 9.67. The molecule has 7 nitrogen and oxygen atoms in total. The highest BCUT2D eigenvalue weighted by molar-refractivity contribution is 5.97. The Bertz CT molecular complexity index is 1480. The fourth-order valence-corrected chi connectivity index (χ4v) is 5.44. The molecular formula is C29H29F2N3O4. The number of aromatic nitrogens is 1. The molecule has 9 heteroatoms. The molecule has 1 amide bonds. The molecule has 2 aliphatic rings. The van der Waals surface area contributed by atoms with E-state index >= 15 is 4.39 Å². The predicted molar refractivity (Wildman–Crippen MR) is 139 cm³/mol. The van der Waals surface area contributed by atoms with Crippen LogP contribution in [0.1, 0.15) is 59.4 Å². The normalized spacial score (nSPS) is 17.0. The molecule has 1 aliphatic heterocycles. The molecule has 0 saturated heterocycles. The Morgan fingerprint density at radius 3 is 2.50 bits per heavy atom. The van der Waals surface area contributed by atoms with Gasteiger partial charge in [0.2, 0.25) is 11.2 Å². The van der Waals surface area contributed by atoms with Crippen molar-refractivity contribution in [2.75, 3.05) is 18.3 Å². The molecule has 2 heterocycles. The van der Waals surface area contributed by atoms with E-state index in [0.29, 0.717) is 18.4 Å². The minimum absolute atomic E-state index is 0.0315. The summed E-state index contributed by atoms with van der Waals surface area (Å²) in [6, 6.07) is 10.4. The number of fused-ring (bicyclic) bond motifs is 1. The minimum atomic E-state index is -1.11. The summed E-state index contributed by atoms with van der Waals surface area (Å²) in [4.78, 5) is 27.8. The van der Waals surface area contributed by atoms with Gasteiger partial charge in [-0.15, -0.1) is 6.58 Å². The van der Waals surface area contributed by atoms with Crippen LogP contribution in [0.3, 0.4) is 0 Å². The van der Waals surface area contributed by atoms with Gasteiger partial charge in [-0.3, -0.25) is 19.3 Å². The number of amides is 1. The first-order valence-corrected chi connectivity index (χ1v) is 12.6. The number of ether oxygens (including phenoxy) is 1. The van der Waals surface area contributed by atoms with Gasteiger partial charge in [-0.25, -0.2) is 4.39 Å². The van der Waals surface area contributed by atoms with Crippen molar-refractivity contribution >= 4 is 5.91 Å². The fraction of sp³-hybridized carbons (Fsp3) is 0.310. The lowest BCUT2D eigenvalue weighted by atomic mass is 9.75. The van der Waals surface area contributed by atoms with Crippen LogP contribution in [-0.4, -0.2) is 39.4 Å². The smallest absolute Gasteiger partial charge is 0.278 e. The van der Waals surface area contributed by atoms with E-state index < -0.39 is 40.3 Å². The number of pyridine rings is 1. The Hall–Kier alpha value is -4.14. The van der Waals surface area contributed by atoms with Gasteiger partial charge >= 0.3 is 0 Å². The SMILES string of the molecule is C=CC1(N2CN([C@H](c3ccccc3C)c3ccc(F)c(F)c3OCC)n3ccc(=O)c(O)c3C2=O)CCC1. The lowest BCUT2D eigenvalue weighted by Crippen LogP contribution is -2.64. The summed E-state index contributed by atoms with van der Waals surface area (Å²) in [5.74, 6) is -3.58. The maximum Gasteiger partial charge on any atom is 0.278 e. The van der Waals surface area contributed by atoms with Crippen molar-refractivity contribution < 1.29 is 23.4 Å². The summed E-state index contributed by atoms with van der Waals surface area (Å²) in [5.41, 5.74) is 0.395. The summed E-state index contributed by atoms with van der Waals surface area (Å²) in [5, 5.41) is 12.6. The van der Waals surface area contributed by atoms with Crippen LogP contribution in [0.4, 0.5) is 8.78 Å². The summed E-state index contributed by atoms with van der Waals surface area (Å²) >= 11 is 0. The molecule has 1 fully saturated rings. The van der Waals surface area contributed by atoms with Gasteiger partial charge in [0, 0.05) is 17.8 Å². The molecule has 1 saturated carbocycles. The third-order valence-corrected chi connectivity index (χ3v) is 7.65. The Labute approximate surface area is 219 Å². The topological polar surface area (TPSA) is 75.0 Å². The molecule has 0 spiro atoms. The average molecular weight is 522 g/mol. The molecule has 1 aliphatic carbocycles. The molecule has 1 atom stereocenters. The summed E-state index contributed by atoms with van der Waals surface area (Å²) in [6.45, 7) is 7.68. The third-order valence-electron chi connectivity index (χ3n) is 7.65. The standard InChI is InChI=1S/C29H29F2N3O4/c1-4-29(14-8-15-29)32-17-34(33-16-13-22(35)26(36)25(33)28(32)37)24(19-10-7-6-9-18(19)3)20-11-12-21(30)23(31)27(20)38-5-2/h4,6-7,9-13,16,24,36H,1,5,8,14-15,17H2,2-3H3/t24-/m1/s1. The quantitative estimate of drug-likeness (QED) is 0.453. The van der Waals surface area contributed by atoms with Crippen LogP contribution in [0.5, 0.6) is 11.5 Å². The lowest BCUT2D eigenvalue weighted by molar-refractivity contribution is 0.0256. The van der Waals surface area contributed by atoms with E-state index in [1.54, 1.807) is 22.9 Å². The second-order valence-corrected chi connectivity index (χ2v) is 9.67. The number of rotatable bonds is 7. The summed E-state index contributed by atoms with van der Waals surface area (Å²) < 4.78 is 36.6. The first-order valence-electron chi connectivity index (χ1n) is 12.6. The fourth-order valence-electron chi connectivity index (χ4n) is 5.44. The largest absolute Gasteiger partial charge is 0.502 e. The predicted octanol–water partition coefficient (Wildman–Crippen LogP) is 4.79. The molecule has 38 heavy (non-hydrogen) atoms. The van der Waals surface area contributed by atoms with Gasteiger partial charge in [-0.1, -0.05) is 30.3 Å². The van der Waals surface area contributed by atoms with Crippen molar-refractivity contribution in [1.82, 2.24) is 9.58 Å². The van der Waals surface area contributed by atoms with Gasteiger partial charge in [-0.05, 0) is 56.4 Å². The van der Waals surface area contributed by atoms with Crippen molar-refractivity contribution in [2.45, 2.75) is 44.7 Å². The number of hydrogen-bond acceptors (Lipinski definition) is 5. The van der Waals surface area contributed by atoms with Crippen molar-refractivity contribution in [1.29, 1.82) is 0 Å². The average Bonchev–Trinajstić information content (AvgIpc) is 2.88. The van der Waals surface area contributed by atoms with Crippen molar-refractivity contribution in [3.05, 3.63) is 106 Å². The highest BCUT2D eigenvalue weighted by Crippen LogP contribution is 2.44. The molecule has 2 aromatic carbocycles. The van der Waals surface area contributed by atoms with E-state index in [9.17, 15) is 19.1 Å². The van der Waals surface area contributed by atoms with Gasteiger partial charge in [-0.2, -0.15) is 4.39 Å². The Morgan fingerprint density at radius 2 is 1.87 bits per heavy atom. The number of hydrogen-bond donors (Lipinski definition) is 1.